The average Bonchev–Trinajstić information content (AvgIpc) is 2.95. The fraction of sp³-hybridized carbons (Fsp3) is 0.143. The van der Waals surface area contributed by atoms with Crippen molar-refractivity contribution in [1.29, 1.82) is 0 Å². The number of benzene rings is 1. The molecule has 0 aliphatic heterocycles. The first-order chi connectivity index (χ1) is 10.5. The van der Waals surface area contributed by atoms with E-state index in [2.05, 4.69) is 20.9 Å². The second kappa shape index (κ2) is 6.81. The molecule has 7 nitrogen and oxygen atoms in total. The highest BCUT2D eigenvalue weighted by Gasteiger charge is 2.12. The van der Waals surface area contributed by atoms with E-state index in [4.69, 9.17) is 0 Å². The van der Waals surface area contributed by atoms with Crippen LogP contribution in [0.25, 0.3) is 0 Å². The summed E-state index contributed by atoms with van der Waals surface area (Å²) < 4.78 is 0. The van der Waals surface area contributed by atoms with Crippen molar-refractivity contribution in [2.24, 2.45) is 0 Å². The number of anilines is 2. The van der Waals surface area contributed by atoms with E-state index in [9.17, 15) is 14.4 Å². The molecule has 2 rings (SSSR count). The van der Waals surface area contributed by atoms with Gasteiger partial charge < -0.3 is 16.0 Å². The van der Waals surface area contributed by atoms with Crippen molar-refractivity contribution >= 4 is 39.9 Å². The van der Waals surface area contributed by atoms with Crippen molar-refractivity contribution in [3.63, 3.8) is 0 Å². The fourth-order valence-corrected chi connectivity index (χ4v) is 2.37. The molecule has 0 radical (unpaired) electrons. The molecule has 0 fully saturated rings. The van der Waals surface area contributed by atoms with Gasteiger partial charge in [0.05, 0.1) is 0 Å². The van der Waals surface area contributed by atoms with E-state index < -0.39 is 0 Å². The minimum atomic E-state index is -0.388. The molecule has 1 heterocycles. The van der Waals surface area contributed by atoms with Gasteiger partial charge in [-0.3, -0.25) is 14.4 Å². The summed E-state index contributed by atoms with van der Waals surface area (Å²) in [7, 11) is 1.55. The van der Waals surface area contributed by atoms with Gasteiger partial charge >= 0.3 is 0 Å². The van der Waals surface area contributed by atoms with E-state index in [0.29, 0.717) is 16.4 Å². The Kier molecular flexibility index (Phi) is 4.84. The van der Waals surface area contributed by atoms with Crippen LogP contribution in [0.4, 0.5) is 10.8 Å². The van der Waals surface area contributed by atoms with Gasteiger partial charge in [0.15, 0.2) is 5.13 Å². The quantitative estimate of drug-likeness (QED) is 0.799. The lowest BCUT2D eigenvalue weighted by Crippen LogP contribution is -2.18. The Hall–Kier alpha value is -2.74. The van der Waals surface area contributed by atoms with Crippen LogP contribution in [0.5, 0.6) is 0 Å². The summed E-state index contributed by atoms with van der Waals surface area (Å²) in [6.45, 7) is 1.37. The highest BCUT2D eigenvalue weighted by molar-refractivity contribution is 7.14. The molecule has 2 aromatic rings. The van der Waals surface area contributed by atoms with Crippen LogP contribution in [0.3, 0.4) is 0 Å². The second-order valence-corrected chi connectivity index (χ2v) is 5.19. The Morgan fingerprint density at radius 3 is 2.32 bits per heavy atom. The number of thiazole rings is 1. The van der Waals surface area contributed by atoms with Crippen molar-refractivity contribution in [3.05, 3.63) is 40.9 Å². The van der Waals surface area contributed by atoms with Crippen LogP contribution in [0, 0.1) is 0 Å². The number of hydrogen-bond acceptors (Lipinski definition) is 5. The van der Waals surface area contributed by atoms with Crippen molar-refractivity contribution < 1.29 is 14.4 Å². The molecule has 0 atom stereocenters. The van der Waals surface area contributed by atoms with E-state index in [0.717, 1.165) is 0 Å². The number of nitrogens with zero attached hydrogens (tertiary/aromatic N) is 1. The average molecular weight is 318 g/mol. The molecule has 22 heavy (non-hydrogen) atoms. The molecule has 114 valence electrons. The monoisotopic (exact) mass is 318 g/mol. The van der Waals surface area contributed by atoms with Gasteiger partial charge in [0.2, 0.25) is 5.91 Å². The molecule has 3 amide bonds. The van der Waals surface area contributed by atoms with E-state index in [-0.39, 0.29) is 23.4 Å². The van der Waals surface area contributed by atoms with Crippen LogP contribution in [0.2, 0.25) is 0 Å². The van der Waals surface area contributed by atoms with Crippen LogP contribution in [-0.2, 0) is 4.79 Å². The molecule has 0 unspecified atom stereocenters. The van der Waals surface area contributed by atoms with Gasteiger partial charge in [-0.05, 0) is 24.3 Å². The Labute approximate surface area is 130 Å². The summed E-state index contributed by atoms with van der Waals surface area (Å²) in [5.41, 5.74) is 1.26. The van der Waals surface area contributed by atoms with Gasteiger partial charge in [-0.2, -0.15) is 0 Å². The molecule has 3 N–H and O–H groups in total. The Bertz CT molecular complexity index is 709. The molecule has 1 aromatic heterocycles. The second-order valence-electron chi connectivity index (χ2n) is 4.33. The molecule has 0 aliphatic rings. The first-order valence-corrected chi connectivity index (χ1v) is 7.24. The predicted octanol–water partition coefficient (Wildman–Crippen LogP) is 1.71. The van der Waals surface area contributed by atoms with Crippen LogP contribution < -0.4 is 16.0 Å². The molecule has 0 saturated carbocycles. The first kappa shape index (κ1) is 15.6. The zero-order valence-corrected chi connectivity index (χ0v) is 12.8. The fourth-order valence-electron chi connectivity index (χ4n) is 1.63. The minimum absolute atomic E-state index is 0.197. The normalized spacial score (nSPS) is 9.91. The molecule has 0 saturated heterocycles. The third-order valence-corrected chi connectivity index (χ3v) is 3.41. The largest absolute Gasteiger partial charge is 0.355 e. The maximum Gasteiger partial charge on any atom is 0.275 e. The van der Waals surface area contributed by atoms with Crippen molar-refractivity contribution in [1.82, 2.24) is 10.3 Å². The maximum atomic E-state index is 12.0. The lowest BCUT2D eigenvalue weighted by atomic mass is 10.2. The van der Waals surface area contributed by atoms with E-state index >= 15 is 0 Å². The molecule has 0 aliphatic carbocycles. The van der Waals surface area contributed by atoms with Gasteiger partial charge in [-0.15, -0.1) is 11.3 Å². The van der Waals surface area contributed by atoms with Crippen molar-refractivity contribution in [3.8, 4) is 0 Å². The van der Waals surface area contributed by atoms with Crippen LogP contribution in [0.15, 0.2) is 29.6 Å². The third-order valence-electron chi connectivity index (χ3n) is 2.65. The Morgan fingerprint density at radius 2 is 1.73 bits per heavy atom. The molecule has 0 spiro atoms. The SMILES string of the molecule is CNC(=O)c1ccc(NC(=O)c2csc(NC(C)=O)n2)cc1. The number of hydrogen-bond donors (Lipinski definition) is 3. The highest BCUT2D eigenvalue weighted by Crippen LogP contribution is 2.17. The molecular weight excluding hydrogens is 304 g/mol. The molecule has 0 bridgehead atoms. The summed E-state index contributed by atoms with van der Waals surface area (Å²) >= 11 is 1.17. The predicted molar refractivity (Wildman–Crippen MR) is 84.2 cm³/mol. The lowest BCUT2D eigenvalue weighted by molar-refractivity contribution is -0.114. The van der Waals surface area contributed by atoms with Gasteiger partial charge in [0.25, 0.3) is 11.8 Å². The summed E-state index contributed by atoms with van der Waals surface area (Å²) in [4.78, 5) is 38.4. The number of amides is 3. The van der Waals surface area contributed by atoms with Gasteiger partial charge in [-0.1, -0.05) is 0 Å². The molecule has 1 aromatic carbocycles. The topological polar surface area (TPSA) is 100 Å². The van der Waals surface area contributed by atoms with Crippen LogP contribution >= 0.6 is 11.3 Å². The van der Waals surface area contributed by atoms with E-state index in [1.807, 2.05) is 0 Å². The first-order valence-electron chi connectivity index (χ1n) is 6.36. The zero-order chi connectivity index (χ0) is 16.1. The number of aromatic nitrogens is 1. The summed E-state index contributed by atoms with van der Waals surface area (Å²) in [5, 5.41) is 9.62. The van der Waals surface area contributed by atoms with E-state index in [1.54, 1.807) is 36.7 Å². The lowest BCUT2D eigenvalue weighted by Gasteiger charge is -2.04. The molecule has 8 heteroatoms. The zero-order valence-electron chi connectivity index (χ0n) is 12.0. The van der Waals surface area contributed by atoms with Crippen molar-refractivity contribution in [2.75, 3.05) is 17.7 Å². The van der Waals surface area contributed by atoms with Gasteiger partial charge in [0, 0.05) is 30.6 Å². The van der Waals surface area contributed by atoms with Gasteiger partial charge in [-0.25, -0.2) is 4.98 Å². The van der Waals surface area contributed by atoms with Crippen molar-refractivity contribution in [2.45, 2.75) is 6.92 Å². The van der Waals surface area contributed by atoms with E-state index in [1.165, 1.54) is 18.3 Å². The third kappa shape index (κ3) is 3.89. The summed E-state index contributed by atoms with van der Waals surface area (Å²) in [6, 6.07) is 6.48. The Balaban J connectivity index is 2.03. The number of carbonyl (C=O) groups excluding carboxylic acids is 3. The smallest absolute Gasteiger partial charge is 0.275 e. The van der Waals surface area contributed by atoms with Gasteiger partial charge in [0.1, 0.15) is 5.69 Å². The summed E-state index contributed by atoms with van der Waals surface area (Å²) in [6.07, 6.45) is 0. The highest BCUT2D eigenvalue weighted by atomic mass is 32.1. The molecular formula is C14H14N4O3S. The summed E-state index contributed by atoms with van der Waals surface area (Å²) in [5.74, 6) is -0.830. The number of rotatable bonds is 4. The number of carbonyl (C=O) groups is 3. The standard InChI is InChI=1S/C14H14N4O3S/c1-8(19)16-14-18-11(7-22-14)13(21)17-10-5-3-9(4-6-10)12(20)15-2/h3-7H,1-2H3,(H,15,20)(H,17,21)(H,16,18,19). The number of nitrogens with one attached hydrogen (secondary N) is 3. The Morgan fingerprint density at radius 1 is 1.05 bits per heavy atom. The minimum Gasteiger partial charge on any atom is -0.355 e. The van der Waals surface area contributed by atoms with Crippen LogP contribution in [0.1, 0.15) is 27.8 Å². The maximum absolute atomic E-state index is 12.0. The van der Waals surface area contributed by atoms with Crippen LogP contribution in [-0.4, -0.2) is 29.8 Å².